The number of aliphatic carboxylic acids is 1. The van der Waals surface area contributed by atoms with Gasteiger partial charge in [0.25, 0.3) is 0 Å². The van der Waals surface area contributed by atoms with Crippen molar-refractivity contribution in [2.75, 3.05) is 6.61 Å². The first-order valence-corrected chi connectivity index (χ1v) is 4.39. The lowest BCUT2D eigenvalue weighted by Gasteiger charge is -2.34. The largest absolute Gasteiger partial charge is 0.481 e. The topological polar surface area (TPSA) is 66.8 Å². The van der Waals surface area contributed by atoms with Crippen LogP contribution in [-0.4, -0.2) is 29.1 Å². The summed E-state index contributed by atoms with van der Waals surface area (Å²) in [5.41, 5.74) is 0. The van der Waals surface area contributed by atoms with Crippen LogP contribution in [0.15, 0.2) is 12.2 Å². The molecule has 0 aromatic heterocycles. The monoisotopic (exact) mass is 184 g/mol. The summed E-state index contributed by atoms with van der Waals surface area (Å²) < 4.78 is 4.99. The second-order valence-electron chi connectivity index (χ2n) is 3.57. The molecule has 1 fully saturated rings. The first-order valence-electron chi connectivity index (χ1n) is 4.39. The van der Waals surface area contributed by atoms with Gasteiger partial charge in [-0.1, -0.05) is 12.2 Å². The molecule has 0 saturated carbocycles. The molecule has 4 atom stereocenters. The van der Waals surface area contributed by atoms with E-state index in [1.807, 2.05) is 12.2 Å². The van der Waals surface area contributed by atoms with Gasteiger partial charge >= 0.3 is 5.97 Å². The molecule has 2 aliphatic rings. The molecule has 0 aromatic carbocycles. The Hall–Kier alpha value is -0.870. The third-order valence-corrected chi connectivity index (χ3v) is 2.87. The lowest BCUT2D eigenvalue weighted by atomic mass is 9.81. The Balaban J connectivity index is 2.15. The van der Waals surface area contributed by atoms with E-state index in [9.17, 15) is 9.90 Å². The maximum absolute atomic E-state index is 10.8. The normalized spacial score (nSPS) is 43.2. The molecule has 4 heteroatoms. The van der Waals surface area contributed by atoms with E-state index in [4.69, 9.17) is 9.84 Å². The number of aliphatic hydroxyl groups excluding tert-OH is 1. The average molecular weight is 184 g/mol. The van der Waals surface area contributed by atoms with E-state index in [0.717, 1.165) is 6.42 Å². The molecule has 0 amide bonds. The zero-order chi connectivity index (χ0) is 9.42. The standard InChI is InChI=1S/C9H12O4/c10-8(11)7-4-13-9(12)6-3-1-2-5(6)7/h1,3,5-7,9,12H,2,4H2,(H,10,11). The van der Waals surface area contributed by atoms with Crippen molar-refractivity contribution in [2.45, 2.75) is 12.7 Å². The van der Waals surface area contributed by atoms with Gasteiger partial charge in [-0.3, -0.25) is 4.79 Å². The van der Waals surface area contributed by atoms with E-state index >= 15 is 0 Å². The fraction of sp³-hybridized carbons (Fsp3) is 0.667. The summed E-state index contributed by atoms with van der Waals surface area (Å²) in [5.74, 6) is -1.41. The fourth-order valence-corrected chi connectivity index (χ4v) is 2.12. The fourth-order valence-electron chi connectivity index (χ4n) is 2.12. The molecule has 2 N–H and O–H groups in total. The van der Waals surface area contributed by atoms with E-state index in [1.54, 1.807) is 0 Å². The first-order chi connectivity index (χ1) is 6.20. The van der Waals surface area contributed by atoms with Gasteiger partial charge in [-0.2, -0.15) is 0 Å². The highest BCUT2D eigenvalue weighted by atomic mass is 16.6. The number of hydrogen-bond donors (Lipinski definition) is 2. The molecule has 4 unspecified atom stereocenters. The van der Waals surface area contributed by atoms with Crippen LogP contribution < -0.4 is 0 Å². The maximum atomic E-state index is 10.8. The molecule has 2 rings (SSSR count). The maximum Gasteiger partial charge on any atom is 0.309 e. The van der Waals surface area contributed by atoms with Gasteiger partial charge in [0, 0.05) is 5.92 Å². The van der Waals surface area contributed by atoms with Gasteiger partial charge in [-0.15, -0.1) is 0 Å². The molecule has 0 aromatic rings. The summed E-state index contributed by atoms with van der Waals surface area (Å²) in [6, 6.07) is 0. The summed E-state index contributed by atoms with van der Waals surface area (Å²) in [4.78, 5) is 10.8. The molecule has 0 spiro atoms. The number of allylic oxidation sites excluding steroid dienone is 1. The van der Waals surface area contributed by atoms with Crippen LogP contribution in [0.4, 0.5) is 0 Å². The van der Waals surface area contributed by atoms with Crippen molar-refractivity contribution < 1.29 is 19.7 Å². The Bertz CT molecular complexity index is 248. The van der Waals surface area contributed by atoms with E-state index in [-0.39, 0.29) is 18.4 Å². The molecule has 13 heavy (non-hydrogen) atoms. The zero-order valence-electron chi connectivity index (χ0n) is 7.09. The number of rotatable bonds is 1. The third-order valence-electron chi connectivity index (χ3n) is 2.87. The highest BCUT2D eigenvalue weighted by molar-refractivity contribution is 5.71. The molecular formula is C9H12O4. The first kappa shape index (κ1) is 8.72. The summed E-state index contributed by atoms with van der Waals surface area (Å²) in [5, 5.41) is 18.3. The predicted octanol–water partition coefficient (Wildman–Crippen LogP) is 0.228. The van der Waals surface area contributed by atoms with E-state index in [0.29, 0.717) is 0 Å². The van der Waals surface area contributed by atoms with Gasteiger partial charge in [-0.05, 0) is 12.3 Å². The minimum atomic E-state index is -0.828. The number of carbonyl (C=O) groups is 1. The molecule has 1 heterocycles. The highest BCUT2D eigenvalue weighted by Crippen LogP contribution is 2.38. The predicted molar refractivity (Wildman–Crippen MR) is 43.8 cm³/mol. The Morgan fingerprint density at radius 1 is 1.54 bits per heavy atom. The van der Waals surface area contributed by atoms with Gasteiger partial charge in [-0.25, -0.2) is 0 Å². The number of carboxylic acid groups (broad SMARTS) is 1. The number of fused-ring (bicyclic) bond motifs is 1. The Morgan fingerprint density at radius 3 is 3.00 bits per heavy atom. The molecule has 1 saturated heterocycles. The van der Waals surface area contributed by atoms with Crippen molar-refractivity contribution in [3.8, 4) is 0 Å². The van der Waals surface area contributed by atoms with Crippen LogP contribution in [0.3, 0.4) is 0 Å². The molecule has 1 aliphatic heterocycles. The van der Waals surface area contributed by atoms with Crippen LogP contribution >= 0.6 is 0 Å². The SMILES string of the molecule is O=C(O)C1COC(O)C2C=CCC12. The summed E-state index contributed by atoms with van der Waals surface area (Å²) in [7, 11) is 0. The number of ether oxygens (including phenoxy) is 1. The van der Waals surface area contributed by atoms with Crippen molar-refractivity contribution in [3.05, 3.63) is 12.2 Å². The second kappa shape index (κ2) is 3.12. The van der Waals surface area contributed by atoms with Gasteiger partial charge in [0.05, 0.1) is 12.5 Å². The molecule has 0 bridgehead atoms. The third kappa shape index (κ3) is 1.36. The molecule has 72 valence electrons. The zero-order valence-corrected chi connectivity index (χ0v) is 7.09. The van der Waals surface area contributed by atoms with Crippen molar-refractivity contribution in [2.24, 2.45) is 17.8 Å². The minimum Gasteiger partial charge on any atom is -0.481 e. The van der Waals surface area contributed by atoms with Crippen molar-refractivity contribution >= 4 is 5.97 Å². The summed E-state index contributed by atoms with van der Waals surface area (Å²) >= 11 is 0. The van der Waals surface area contributed by atoms with Crippen molar-refractivity contribution in [3.63, 3.8) is 0 Å². The molecule has 1 aliphatic carbocycles. The van der Waals surface area contributed by atoms with E-state index in [1.165, 1.54) is 0 Å². The highest BCUT2D eigenvalue weighted by Gasteiger charge is 2.43. The minimum absolute atomic E-state index is 0.0150. The van der Waals surface area contributed by atoms with Gasteiger partial charge in [0.15, 0.2) is 6.29 Å². The van der Waals surface area contributed by atoms with Crippen LogP contribution in [0.5, 0.6) is 0 Å². The smallest absolute Gasteiger partial charge is 0.309 e. The Labute approximate surface area is 75.8 Å². The number of aliphatic hydroxyl groups is 1. The quantitative estimate of drug-likeness (QED) is 0.572. The van der Waals surface area contributed by atoms with Crippen molar-refractivity contribution in [1.29, 1.82) is 0 Å². The molecule has 0 radical (unpaired) electrons. The van der Waals surface area contributed by atoms with Crippen LogP contribution in [0.25, 0.3) is 0 Å². The van der Waals surface area contributed by atoms with Gasteiger partial charge in [0.2, 0.25) is 0 Å². The summed E-state index contributed by atoms with van der Waals surface area (Å²) in [6.07, 6.45) is 3.69. The van der Waals surface area contributed by atoms with Crippen LogP contribution in [0.2, 0.25) is 0 Å². The van der Waals surface area contributed by atoms with Crippen LogP contribution in [0.1, 0.15) is 6.42 Å². The van der Waals surface area contributed by atoms with Crippen LogP contribution in [-0.2, 0) is 9.53 Å². The van der Waals surface area contributed by atoms with Crippen LogP contribution in [0, 0.1) is 17.8 Å². The van der Waals surface area contributed by atoms with E-state index in [2.05, 4.69) is 0 Å². The Kier molecular flexibility index (Phi) is 2.09. The lowest BCUT2D eigenvalue weighted by Crippen LogP contribution is -2.42. The van der Waals surface area contributed by atoms with Gasteiger partial charge in [0.1, 0.15) is 0 Å². The lowest BCUT2D eigenvalue weighted by molar-refractivity contribution is -0.192. The number of hydrogen-bond acceptors (Lipinski definition) is 3. The molecule has 4 nitrogen and oxygen atoms in total. The average Bonchev–Trinajstić information content (AvgIpc) is 2.53. The van der Waals surface area contributed by atoms with Crippen molar-refractivity contribution in [1.82, 2.24) is 0 Å². The number of carboxylic acids is 1. The molecular weight excluding hydrogens is 172 g/mol. The second-order valence-corrected chi connectivity index (χ2v) is 3.57. The van der Waals surface area contributed by atoms with Gasteiger partial charge < -0.3 is 14.9 Å². The van der Waals surface area contributed by atoms with E-state index < -0.39 is 18.2 Å². The summed E-state index contributed by atoms with van der Waals surface area (Å²) in [6.45, 7) is 0.124. The Morgan fingerprint density at radius 2 is 2.31 bits per heavy atom.